The summed E-state index contributed by atoms with van der Waals surface area (Å²) in [5.41, 5.74) is 15.6. The van der Waals surface area contributed by atoms with Crippen molar-refractivity contribution in [3.63, 3.8) is 0 Å². The van der Waals surface area contributed by atoms with Crippen LogP contribution in [-0.2, 0) is 5.41 Å². The van der Waals surface area contributed by atoms with Gasteiger partial charge in [0.15, 0.2) is 0 Å². The minimum Gasteiger partial charge on any atom is -0.358 e. The third-order valence-electron chi connectivity index (χ3n) is 9.22. The average Bonchev–Trinajstić information content (AvgIpc) is 3.56. The molecule has 1 spiro atoms. The molecule has 0 amide bonds. The molecule has 1 unspecified atom stereocenters. The second-order valence-corrected chi connectivity index (χ2v) is 11.1. The van der Waals surface area contributed by atoms with Crippen LogP contribution in [0.5, 0.6) is 0 Å². The molecule has 1 heterocycles. The molecular weight excluding hydrogens is 472 g/mol. The molecule has 0 saturated heterocycles. The van der Waals surface area contributed by atoms with Crippen molar-refractivity contribution in [2.45, 2.75) is 25.4 Å². The van der Waals surface area contributed by atoms with Crippen molar-refractivity contribution >= 4 is 11.4 Å². The lowest BCUT2D eigenvalue weighted by Crippen LogP contribution is -2.35. The van der Waals surface area contributed by atoms with Gasteiger partial charge in [-0.05, 0) is 76.1 Å². The molecule has 0 N–H and O–H groups in total. The van der Waals surface area contributed by atoms with Crippen molar-refractivity contribution in [3.05, 3.63) is 155 Å². The smallest absolute Gasteiger partial charge is 0.103 e. The summed E-state index contributed by atoms with van der Waals surface area (Å²) in [6.07, 6.45) is 2.54. The molecule has 5 aromatic carbocycles. The molecule has 1 aliphatic heterocycles. The Balaban J connectivity index is 1.41. The van der Waals surface area contributed by atoms with E-state index in [2.05, 4.69) is 152 Å². The molecule has 0 saturated carbocycles. The van der Waals surface area contributed by atoms with Crippen LogP contribution in [0.25, 0.3) is 28.0 Å². The van der Waals surface area contributed by atoms with E-state index in [0.717, 1.165) is 0 Å². The maximum absolute atomic E-state index is 2.49. The van der Waals surface area contributed by atoms with Gasteiger partial charge < -0.3 is 9.80 Å². The molecule has 0 radical (unpaired) electrons. The van der Waals surface area contributed by atoms with Crippen LogP contribution in [-0.4, -0.2) is 18.1 Å². The van der Waals surface area contributed by atoms with Crippen molar-refractivity contribution in [2.75, 3.05) is 11.9 Å². The molecule has 0 bridgehead atoms. The Morgan fingerprint density at radius 2 is 1.10 bits per heavy atom. The van der Waals surface area contributed by atoms with Crippen molar-refractivity contribution in [1.29, 1.82) is 0 Å². The zero-order chi connectivity index (χ0) is 26.3. The molecule has 1 atom stereocenters. The van der Waals surface area contributed by atoms with E-state index in [4.69, 9.17) is 0 Å². The molecule has 39 heavy (non-hydrogen) atoms. The average molecular weight is 503 g/mol. The Kier molecular flexibility index (Phi) is 4.58. The number of hydrogen-bond acceptors (Lipinski definition) is 2. The number of benzene rings is 5. The van der Waals surface area contributed by atoms with Gasteiger partial charge >= 0.3 is 0 Å². The number of para-hydroxylation sites is 1. The summed E-state index contributed by atoms with van der Waals surface area (Å²) in [5.74, 6) is 0. The Morgan fingerprint density at radius 3 is 1.69 bits per heavy atom. The van der Waals surface area contributed by atoms with E-state index in [0.29, 0.717) is 0 Å². The van der Waals surface area contributed by atoms with Crippen LogP contribution in [0, 0.1) is 6.92 Å². The van der Waals surface area contributed by atoms with Gasteiger partial charge in [-0.25, -0.2) is 0 Å². The van der Waals surface area contributed by atoms with E-state index in [1.807, 2.05) is 0 Å². The second-order valence-electron chi connectivity index (χ2n) is 11.1. The minimum atomic E-state index is -0.320. The molecular formula is C37H30N2. The quantitative estimate of drug-likeness (QED) is 0.234. The summed E-state index contributed by atoms with van der Waals surface area (Å²) >= 11 is 0. The first-order valence-corrected chi connectivity index (χ1v) is 13.8. The van der Waals surface area contributed by atoms with E-state index in [1.165, 1.54) is 67.0 Å². The van der Waals surface area contributed by atoms with Crippen LogP contribution in [0.1, 0.15) is 40.3 Å². The number of rotatable bonds is 2. The number of fused-ring (bicyclic) bond motifs is 10. The Labute approximate surface area is 230 Å². The zero-order valence-electron chi connectivity index (χ0n) is 22.5. The third kappa shape index (κ3) is 2.81. The van der Waals surface area contributed by atoms with Gasteiger partial charge in [0, 0.05) is 24.5 Å². The predicted octanol–water partition coefficient (Wildman–Crippen LogP) is 8.43. The molecule has 0 fully saturated rings. The predicted molar refractivity (Wildman–Crippen MR) is 162 cm³/mol. The first kappa shape index (κ1) is 22.4. The third-order valence-corrected chi connectivity index (χ3v) is 9.22. The summed E-state index contributed by atoms with van der Waals surface area (Å²) in [6.45, 7) is 4.49. The highest BCUT2D eigenvalue weighted by Gasteiger charge is 2.51. The maximum Gasteiger partial charge on any atom is 0.103 e. The highest BCUT2D eigenvalue weighted by atomic mass is 15.4. The molecule has 2 aliphatic carbocycles. The summed E-state index contributed by atoms with van der Waals surface area (Å²) < 4.78 is 0. The summed E-state index contributed by atoms with van der Waals surface area (Å²) in [7, 11) is 2.18. The lowest BCUT2D eigenvalue weighted by atomic mass is 9.70. The number of aryl methyl sites for hydroxylation is 1. The lowest BCUT2D eigenvalue weighted by molar-refractivity contribution is 0.383. The molecule has 2 nitrogen and oxygen atoms in total. The van der Waals surface area contributed by atoms with E-state index >= 15 is 0 Å². The monoisotopic (exact) mass is 502 g/mol. The molecule has 188 valence electrons. The Morgan fingerprint density at radius 1 is 0.590 bits per heavy atom. The van der Waals surface area contributed by atoms with Crippen LogP contribution in [0.4, 0.5) is 5.69 Å². The van der Waals surface area contributed by atoms with Crippen molar-refractivity contribution in [3.8, 4) is 22.3 Å². The van der Waals surface area contributed by atoms with Gasteiger partial charge in [-0.2, -0.15) is 0 Å². The van der Waals surface area contributed by atoms with Gasteiger partial charge in [0.25, 0.3) is 0 Å². The van der Waals surface area contributed by atoms with Crippen molar-refractivity contribution < 1.29 is 0 Å². The fraction of sp³-hybridized carbons (Fsp3) is 0.135. The highest BCUT2D eigenvalue weighted by Crippen LogP contribution is 2.62. The fourth-order valence-electron chi connectivity index (χ4n) is 7.38. The molecule has 5 aromatic rings. The van der Waals surface area contributed by atoms with Gasteiger partial charge in [0.2, 0.25) is 0 Å². The van der Waals surface area contributed by atoms with Crippen molar-refractivity contribution in [2.24, 2.45) is 0 Å². The first-order chi connectivity index (χ1) is 19.1. The zero-order valence-corrected chi connectivity index (χ0v) is 22.5. The normalized spacial score (nSPS) is 17.6. The van der Waals surface area contributed by atoms with Gasteiger partial charge in [-0.3, -0.25) is 0 Å². The highest BCUT2D eigenvalue weighted by molar-refractivity contribution is 5.96. The van der Waals surface area contributed by atoms with E-state index in [1.54, 1.807) is 0 Å². The van der Waals surface area contributed by atoms with Crippen molar-refractivity contribution in [1.82, 2.24) is 4.90 Å². The Bertz CT molecular complexity index is 1760. The maximum atomic E-state index is 2.49. The van der Waals surface area contributed by atoms with Gasteiger partial charge in [0.1, 0.15) is 6.17 Å². The van der Waals surface area contributed by atoms with Crippen LogP contribution in [0.2, 0.25) is 0 Å². The summed E-state index contributed by atoms with van der Waals surface area (Å²) in [5, 5.41) is 0. The minimum absolute atomic E-state index is 0.230. The molecule has 2 heteroatoms. The molecule has 0 aromatic heterocycles. The van der Waals surface area contributed by atoms with Crippen LogP contribution in [0.3, 0.4) is 0 Å². The van der Waals surface area contributed by atoms with E-state index in [9.17, 15) is 0 Å². The first-order valence-electron chi connectivity index (χ1n) is 13.8. The lowest BCUT2D eigenvalue weighted by Gasteiger charge is -2.32. The fourth-order valence-corrected chi connectivity index (χ4v) is 7.38. The van der Waals surface area contributed by atoms with E-state index in [-0.39, 0.29) is 11.6 Å². The second kappa shape index (κ2) is 7.97. The van der Waals surface area contributed by atoms with Crippen LogP contribution < -0.4 is 4.90 Å². The SMILES string of the molecule is Cc1ccccc1N1C(c2ccc3c(c2)C2(c4ccccc4-c4ccccc42)c2ccccc2-3)=CN(C)C1C. The molecule has 3 aliphatic rings. The molecule has 8 rings (SSSR count). The van der Waals surface area contributed by atoms with E-state index < -0.39 is 0 Å². The number of anilines is 1. The number of nitrogens with zero attached hydrogens (tertiary/aromatic N) is 2. The summed E-state index contributed by atoms with van der Waals surface area (Å²) in [6, 6.07) is 42.9. The van der Waals surface area contributed by atoms with Gasteiger partial charge in [0.05, 0.1) is 11.1 Å². The van der Waals surface area contributed by atoms with Gasteiger partial charge in [-0.1, -0.05) is 103 Å². The van der Waals surface area contributed by atoms with Crippen LogP contribution in [0.15, 0.2) is 121 Å². The Hall–Kier alpha value is -4.56. The standard InChI is InChI=1S/C37H30N2/c1-24-12-4-11-19-35(24)39-25(2)38(3)23-36(39)26-20-21-30-29-15-7-10-18-33(29)37(34(30)22-26)31-16-8-5-13-27(31)28-14-6-9-17-32(28)37/h4-23,25H,1-3H3. The topological polar surface area (TPSA) is 6.48 Å². The van der Waals surface area contributed by atoms with Crippen LogP contribution >= 0.6 is 0 Å². The van der Waals surface area contributed by atoms with Gasteiger partial charge in [-0.15, -0.1) is 0 Å². The largest absolute Gasteiger partial charge is 0.358 e. The summed E-state index contributed by atoms with van der Waals surface area (Å²) in [4.78, 5) is 4.81. The number of hydrogen-bond donors (Lipinski definition) is 0.